The van der Waals surface area contributed by atoms with E-state index in [1.807, 2.05) is 30.0 Å². The van der Waals surface area contributed by atoms with E-state index in [4.69, 9.17) is 5.73 Å². The van der Waals surface area contributed by atoms with Gasteiger partial charge in [0.05, 0.1) is 6.54 Å². The highest BCUT2D eigenvalue weighted by atomic mass is 79.9. The largest absolute Gasteiger partial charge is 0.325 e. The molecule has 0 saturated carbocycles. The summed E-state index contributed by atoms with van der Waals surface area (Å²) in [6.45, 7) is 4.04. The smallest absolute Gasteiger partial charge is 0.238 e. The quantitative estimate of drug-likeness (QED) is 0.885. The molecule has 92 valence electrons. The Bertz CT molecular complexity index is 430. The molecule has 3 N–H and O–H groups in total. The van der Waals surface area contributed by atoms with E-state index in [1.54, 1.807) is 0 Å². The molecule has 0 aromatic heterocycles. The lowest BCUT2D eigenvalue weighted by Crippen LogP contribution is -2.57. The fourth-order valence-electron chi connectivity index (χ4n) is 1.86. The van der Waals surface area contributed by atoms with Crippen molar-refractivity contribution in [2.45, 2.75) is 13.0 Å². The number of rotatable bonds is 3. The minimum Gasteiger partial charge on any atom is -0.325 e. The molecule has 1 saturated heterocycles. The van der Waals surface area contributed by atoms with Gasteiger partial charge in [0.15, 0.2) is 0 Å². The lowest BCUT2D eigenvalue weighted by molar-refractivity contribution is -0.118. The van der Waals surface area contributed by atoms with Crippen LogP contribution in [0, 0.1) is 6.92 Å². The molecular formula is C12H16BrN3O. The van der Waals surface area contributed by atoms with E-state index in [1.165, 1.54) is 0 Å². The van der Waals surface area contributed by atoms with Crippen molar-refractivity contribution in [2.24, 2.45) is 5.73 Å². The second-order valence-corrected chi connectivity index (χ2v) is 5.32. The summed E-state index contributed by atoms with van der Waals surface area (Å²) in [5.74, 6) is 0.0126. The number of nitrogens with one attached hydrogen (secondary N) is 1. The molecule has 1 aliphatic heterocycles. The molecule has 0 unspecified atom stereocenters. The van der Waals surface area contributed by atoms with Crippen molar-refractivity contribution < 1.29 is 4.79 Å². The van der Waals surface area contributed by atoms with Gasteiger partial charge in [0.2, 0.25) is 5.91 Å². The third-order valence-electron chi connectivity index (χ3n) is 2.79. The average Bonchev–Trinajstić information content (AvgIpc) is 2.21. The van der Waals surface area contributed by atoms with Gasteiger partial charge < -0.3 is 11.1 Å². The summed E-state index contributed by atoms with van der Waals surface area (Å²) >= 11 is 3.43. The highest BCUT2D eigenvalue weighted by Gasteiger charge is 2.24. The van der Waals surface area contributed by atoms with E-state index in [9.17, 15) is 4.79 Å². The lowest BCUT2D eigenvalue weighted by atomic mass is 10.1. The fourth-order valence-corrected chi connectivity index (χ4v) is 2.11. The van der Waals surface area contributed by atoms with Crippen molar-refractivity contribution in [3.63, 3.8) is 0 Å². The van der Waals surface area contributed by atoms with Crippen LogP contribution in [0.5, 0.6) is 0 Å². The molecule has 17 heavy (non-hydrogen) atoms. The third kappa shape index (κ3) is 3.28. The average molecular weight is 298 g/mol. The monoisotopic (exact) mass is 297 g/mol. The molecule has 1 aliphatic rings. The predicted molar refractivity (Wildman–Crippen MR) is 71.9 cm³/mol. The summed E-state index contributed by atoms with van der Waals surface area (Å²) in [5.41, 5.74) is 7.59. The zero-order valence-electron chi connectivity index (χ0n) is 9.74. The van der Waals surface area contributed by atoms with E-state index in [0.717, 1.165) is 28.8 Å². The number of halogens is 1. The SMILES string of the molecule is Cc1cc(NC(=O)CN2CC(N)C2)ccc1Br. The number of likely N-dealkylation sites (tertiary alicyclic amines) is 1. The summed E-state index contributed by atoms with van der Waals surface area (Å²) in [5, 5.41) is 2.88. The zero-order valence-corrected chi connectivity index (χ0v) is 11.3. The lowest BCUT2D eigenvalue weighted by Gasteiger charge is -2.36. The molecule has 0 aliphatic carbocycles. The van der Waals surface area contributed by atoms with Gasteiger partial charge in [-0.25, -0.2) is 0 Å². The molecular weight excluding hydrogens is 282 g/mol. The molecule has 1 aromatic carbocycles. The van der Waals surface area contributed by atoms with Crippen LogP contribution in [-0.4, -0.2) is 36.5 Å². The first-order valence-corrected chi connectivity index (χ1v) is 6.38. The van der Waals surface area contributed by atoms with E-state index in [-0.39, 0.29) is 11.9 Å². The maximum absolute atomic E-state index is 11.7. The number of nitrogens with two attached hydrogens (primary N) is 1. The number of carbonyl (C=O) groups is 1. The first kappa shape index (κ1) is 12.5. The normalized spacial score (nSPS) is 16.6. The van der Waals surface area contributed by atoms with Crippen molar-refractivity contribution >= 4 is 27.5 Å². The minimum absolute atomic E-state index is 0.0126. The maximum Gasteiger partial charge on any atom is 0.238 e. The number of anilines is 1. The van der Waals surface area contributed by atoms with Gasteiger partial charge in [-0.05, 0) is 30.7 Å². The van der Waals surface area contributed by atoms with Crippen LogP contribution >= 0.6 is 15.9 Å². The van der Waals surface area contributed by atoms with Crippen LogP contribution in [0.25, 0.3) is 0 Å². The highest BCUT2D eigenvalue weighted by molar-refractivity contribution is 9.10. The number of aryl methyl sites for hydroxylation is 1. The number of hydrogen-bond acceptors (Lipinski definition) is 3. The van der Waals surface area contributed by atoms with Crippen LogP contribution in [0.3, 0.4) is 0 Å². The molecule has 0 radical (unpaired) electrons. The van der Waals surface area contributed by atoms with Crippen molar-refractivity contribution in [1.82, 2.24) is 4.90 Å². The second kappa shape index (κ2) is 5.16. The van der Waals surface area contributed by atoms with Crippen molar-refractivity contribution in [3.05, 3.63) is 28.2 Å². The van der Waals surface area contributed by atoms with Gasteiger partial charge in [0.1, 0.15) is 0 Å². The molecule has 1 fully saturated rings. The summed E-state index contributed by atoms with van der Waals surface area (Å²) in [7, 11) is 0. The zero-order chi connectivity index (χ0) is 12.4. The molecule has 0 bridgehead atoms. The van der Waals surface area contributed by atoms with Gasteiger partial charge in [-0.1, -0.05) is 15.9 Å². The van der Waals surface area contributed by atoms with Gasteiger partial charge in [0, 0.05) is 29.3 Å². The Labute approximate surface area is 109 Å². The third-order valence-corrected chi connectivity index (χ3v) is 3.68. The molecule has 0 spiro atoms. The number of nitrogens with zero attached hydrogens (tertiary/aromatic N) is 1. The van der Waals surface area contributed by atoms with Crippen LogP contribution in [0.2, 0.25) is 0 Å². The van der Waals surface area contributed by atoms with Crippen LogP contribution in [-0.2, 0) is 4.79 Å². The molecule has 5 heteroatoms. The molecule has 2 rings (SSSR count). The maximum atomic E-state index is 11.7. The highest BCUT2D eigenvalue weighted by Crippen LogP contribution is 2.20. The molecule has 0 atom stereocenters. The van der Waals surface area contributed by atoms with Crippen LogP contribution in [0.1, 0.15) is 5.56 Å². The van der Waals surface area contributed by atoms with Gasteiger partial charge in [0.25, 0.3) is 0 Å². The van der Waals surface area contributed by atoms with E-state index in [0.29, 0.717) is 6.54 Å². The Morgan fingerprint density at radius 3 is 2.88 bits per heavy atom. The van der Waals surface area contributed by atoms with Crippen molar-refractivity contribution in [2.75, 3.05) is 25.0 Å². The standard InChI is InChI=1S/C12H16BrN3O/c1-8-4-10(2-3-11(8)13)15-12(17)7-16-5-9(14)6-16/h2-4,9H,5-7,14H2,1H3,(H,15,17). The van der Waals surface area contributed by atoms with Gasteiger partial charge >= 0.3 is 0 Å². The fraction of sp³-hybridized carbons (Fsp3) is 0.417. The van der Waals surface area contributed by atoms with Gasteiger partial charge in [-0.3, -0.25) is 9.69 Å². The van der Waals surface area contributed by atoms with Crippen molar-refractivity contribution in [1.29, 1.82) is 0 Å². The number of hydrogen-bond donors (Lipinski definition) is 2. The molecule has 1 aromatic rings. The summed E-state index contributed by atoms with van der Waals surface area (Å²) in [4.78, 5) is 13.7. The minimum atomic E-state index is 0.0126. The first-order valence-electron chi connectivity index (χ1n) is 5.58. The Kier molecular flexibility index (Phi) is 3.81. The summed E-state index contributed by atoms with van der Waals surface area (Å²) < 4.78 is 1.05. The van der Waals surface area contributed by atoms with Crippen LogP contribution in [0.4, 0.5) is 5.69 Å². The number of carbonyl (C=O) groups excluding carboxylic acids is 1. The first-order chi connectivity index (χ1) is 8.04. The van der Waals surface area contributed by atoms with Crippen LogP contribution < -0.4 is 11.1 Å². The van der Waals surface area contributed by atoms with Gasteiger partial charge in [-0.2, -0.15) is 0 Å². The topological polar surface area (TPSA) is 58.4 Å². The Hall–Kier alpha value is -0.910. The second-order valence-electron chi connectivity index (χ2n) is 4.47. The van der Waals surface area contributed by atoms with Crippen LogP contribution in [0.15, 0.2) is 22.7 Å². The Morgan fingerprint density at radius 1 is 1.59 bits per heavy atom. The summed E-state index contributed by atoms with van der Waals surface area (Å²) in [6, 6.07) is 6.00. The molecule has 4 nitrogen and oxygen atoms in total. The number of amides is 1. The van der Waals surface area contributed by atoms with E-state index < -0.39 is 0 Å². The Morgan fingerprint density at radius 2 is 2.29 bits per heavy atom. The predicted octanol–water partition coefficient (Wildman–Crippen LogP) is 1.34. The molecule has 1 amide bonds. The van der Waals surface area contributed by atoms with Crippen molar-refractivity contribution in [3.8, 4) is 0 Å². The van der Waals surface area contributed by atoms with Gasteiger partial charge in [-0.15, -0.1) is 0 Å². The van der Waals surface area contributed by atoms with E-state index in [2.05, 4.69) is 21.2 Å². The molecule has 1 heterocycles. The van der Waals surface area contributed by atoms with E-state index >= 15 is 0 Å². The Balaban J connectivity index is 1.87. The number of benzene rings is 1. The summed E-state index contributed by atoms with van der Waals surface area (Å²) in [6.07, 6.45) is 0.